The fourth-order valence-corrected chi connectivity index (χ4v) is 4.08. The highest BCUT2D eigenvalue weighted by Gasteiger charge is 2.33. The van der Waals surface area contributed by atoms with E-state index in [1.165, 1.54) is 57.9 Å². The van der Waals surface area contributed by atoms with Gasteiger partial charge in [-0.05, 0) is 63.8 Å². The monoisotopic (exact) mass is 252 g/mol. The van der Waals surface area contributed by atoms with E-state index in [0.717, 1.165) is 18.0 Å². The maximum atomic E-state index is 3.86. The van der Waals surface area contributed by atoms with Gasteiger partial charge in [-0.2, -0.15) is 0 Å². The van der Waals surface area contributed by atoms with Crippen LogP contribution in [0.1, 0.15) is 72.1 Å². The van der Waals surface area contributed by atoms with Crippen LogP contribution in [0.3, 0.4) is 0 Å². The molecule has 2 bridgehead atoms. The molecular weight excluding hydrogens is 220 g/mol. The molecule has 0 spiro atoms. The van der Waals surface area contributed by atoms with Crippen molar-refractivity contribution in [2.45, 2.75) is 89.8 Å². The Balaban J connectivity index is 1.71. The Bertz CT molecular complexity index is 227. The van der Waals surface area contributed by atoms with Gasteiger partial charge in [0.1, 0.15) is 0 Å². The lowest BCUT2D eigenvalue weighted by atomic mass is 9.87. The molecule has 0 aliphatic carbocycles. The topological polar surface area (TPSA) is 24.1 Å². The van der Waals surface area contributed by atoms with Crippen molar-refractivity contribution in [2.24, 2.45) is 5.92 Å². The fraction of sp³-hybridized carbons (Fsp3) is 1.00. The van der Waals surface area contributed by atoms with Gasteiger partial charge in [-0.15, -0.1) is 0 Å². The standard InChI is InChI=1S/C16H32N2/c1-4-16(5-2,6-3)17-10-9-13-11-14-7-8-15(12-13)18-14/h13-15,17-18H,4-12H2,1-3H3. The summed E-state index contributed by atoms with van der Waals surface area (Å²) in [6, 6.07) is 1.70. The first-order valence-electron chi connectivity index (χ1n) is 8.22. The van der Waals surface area contributed by atoms with Gasteiger partial charge in [0.2, 0.25) is 0 Å². The number of hydrogen-bond donors (Lipinski definition) is 2. The summed E-state index contributed by atoms with van der Waals surface area (Å²) in [5, 5.41) is 7.60. The van der Waals surface area contributed by atoms with Crippen molar-refractivity contribution in [3.63, 3.8) is 0 Å². The Hall–Kier alpha value is -0.0800. The molecule has 0 aromatic heterocycles. The zero-order chi connectivity index (χ0) is 13.0. The van der Waals surface area contributed by atoms with Gasteiger partial charge in [-0.25, -0.2) is 0 Å². The molecule has 2 atom stereocenters. The van der Waals surface area contributed by atoms with Gasteiger partial charge in [0.25, 0.3) is 0 Å². The van der Waals surface area contributed by atoms with Crippen molar-refractivity contribution in [3.8, 4) is 0 Å². The summed E-state index contributed by atoms with van der Waals surface area (Å²) in [5.41, 5.74) is 0.409. The van der Waals surface area contributed by atoms with Crippen LogP contribution in [0.2, 0.25) is 0 Å². The van der Waals surface area contributed by atoms with Crippen LogP contribution in [0, 0.1) is 5.92 Å². The largest absolute Gasteiger partial charge is 0.311 e. The Labute approximate surface area is 113 Å². The minimum atomic E-state index is 0.409. The van der Waals surface area contributed by atoms with Crippen molar-refractivity contribution in [3.05, 3.63) is 0 Å². The zero-order valence-corrected chi connectivity index (χ0v) is 12.6. The molecule has 18 heavy (non-hydrogen) atoms. The molecule has 0 saturated carbocycles. The van der Waals surface area contributed by atoms with Crippen LogP contribution in [0.25, 0.3) is 0 Å². The first-order valence-corrected chi connectivity index (χ1v) is 8.22. The third-order valence-corrected chi connectivity index (χ3v) is 5.65. The smallest absolute Gasteiger partial charge is 0.0173 e. The molecule has 2 unspecified atom stereocenters. The number of nitrogens with one attached hydrogen (secondary N) is 2. The van der Waals surface area contributed by atoms with Gasteiger partial charge in [-0.3, -0.25) is 0 Å². The number of fused-ring (bicyclic) bond motifs is 2. The summed E-state index contributed by atoms with van der Waals surface area (Å²) < 4.78 is 0. The molecule has 2 nitrogen and oxygen atoms in total. The Morgan fingerprint density at radius 3 is 2.06 bits per heavy atom. The Morgan fingerprint density at radius 1 is 1.00 bits per heavy atom. The SMILES string of the molecule is CCC(CC)(CC)NCCC1CC2CCC(C1)N2. The molecule has 2 heteroatoms. The molecule has 2 rings (SSSR count). The molecule has 2 N–H and O–H groups in total. The summed E-state index contributed by atoms with van der Waals surface area (Å²) in [4.78, 5) is 0. The van der Waals surface area contributed by atoms with E-state index in [-0.39, 0.29) is 0 Å². The van der Waals surface area contributed by atoms with Crippen LogP contribution < -0.4 is 10.6 Å². The zero-order valence-electron chi connectivity index (χ0n) is 12.6. The lowest BCUT2D eigenvalue weighted by Gasteiger charge is -2.34. The van der Waals surface area contributed by atoms with E-state index in [0.29, 0.717) is 5.54 Å². The Morgan fingerprint density at radius 2 is 1.56 bits per heavy atom. The van der Waals surface area contributed by atoms with Gasteiger partial charge in [0, 0.05) is 17.6 Å². The molecule has 2 aliphatic heterocycles. The van der Waals surface area contributed by atoms with Gasteiger partial charge in [0.05, 0.1) is 0 Å². The third-order valence-electron chi connectivity index (χ3n) is 5.65. The molecule has 2 heterocycles. The second-order valence-electron chi connectivity index (χ2n) is 6.53. The number of hydrogen-bond acceptors (Lipinski definition) is 2. The quantitative estimate of drug-likeness (QED) is 0.725. The first-order chi connectivity index (χ1) is 8.71. The number of rotatable bonds is 7. The molecule has 0 radical (unpaired) electrons. The second kappa shape index (κ2) is 6.38. The highest BCUT2D eigenvalue weighted by molar-refractivity contribution is 4.92. The Kier molecular flexibility index (Phi) is 5.08. The lowest BCUT2D eigenvalue weighted by molar-refractivity contribution is 0.248. The normalized spacial score (nSPS) is 31.8. The molecule has 0 amide bonds. The third kappa shape index (κ3) is 3.27. The van der Waals surface area contributed by atoms with E-state index in [1.54, 1.807) is 0 Å². The summed E-state index contributed by atoms with van der Waals surface area (Å²) in [7, 11) is 0. The van der Waals surface area contributed by atoms with Gasteiger partial charge in [-0.1, -0.05) is 20.8 Å². The van der Waals surface area contributed by atoms with Crippen LogP contribution in [-0.4, -0.2) is 24.2 Å². The molecule has 2 fully saturated rings. The summed E-state index contributed by atoms with van der Waals surface area (Å²) >= 11 is 0. The summed E-state index contributed by atoms with van der Waals surface area (Å²) in [6.07, 6.45) is 10.9. The molecular formula is C16H32N2. The van der Waals surface area contributed by atoms with Crippen molar-refractivity contribution >= 4 is 0 Å². The van der Waals surface area contributed by atoms with E-state index < -0.39 is 0 Å². The van der Waals surface area contributed by atoms with Crippen LogP contribution >= 0.6 is 0 Å². The van der Waals surface area contributed by atoms with Crippen LogP contribution in [-0.2, 0) is 0 Å². The molecule has 0 aromatic carbocycles. The second-order valence-corrected chi connectivity index (χ2v) is 6.53. The average molecular weight is 252 g/mol. The molecule has 106 valence electrons. The summed E-state index contributed by atoms with van der Waals surface area (Å²) in [6.45, 7) is 8.19. The van der Waals surface area contributed by atoms with E-state index >= 15 is 0 Å². The molecule has 2 aliphatic rings. The van der Waals surface area contributed by atoms with E-state index in [2.05, 4.69) is 31.4 Å². The molecule has 0 aromatic rings. The summed E-state index contributed by atoms with van der Waals surface area (Å²) in [5.74, 6) is 0.972. The lowest BCUT2D eigenvalue weighted by Crippen LogP contribution is -2.45. The minimum absolute atomic E-state index is 0.409. The van der Waals surface area contributed by atoms with Crippen molar-refractivity contribution in [1.82, 2.24) is 10.6 Å². The maximum Gasteiger partial charge on any atom is 0.0173 e. The fourth-order valence-electron chi connectivity index (χ4n) is 4.08. The van der Waals surface area contributed by atoms with Crippen LogP contribution in [0.4, 0.5) is 0 Å². The predicted molar refractivity (Wildman–Crippen MR) is 78.9 cm³/mol. The van der Waals surface area contributed by atoms with Crippen molar-refractivity contribution < 1.29 is 0 Å². The van der Waals surface area contributed by atoms with Gasteiger partial charge in [0.15, 0.2) is 0 Å². The maximum absolute atomic E-state index is 3.86. The van der Waals surface area contributed by atoms with Crippen molar-refractivity contribution in [2.75, 3.05) is 6.54 Å². The van der Waals surface area contributed by atoms with E-state index in [1.807, 2.05) is 0 Å². The van der Waals surface area contributed by atoms with Crippen LogP contribution in [0.5, 0.6) is 0 Å². The minimum Gasteiger partial charge on any atom is -0.311 e. The van der Waals surface area contributed by atoms with E-state index in [9.17, 15) is 0 Å². The molecule has 2 saturated heterocycles. The van der Waals surface area contributed by atoms with Gasteiger partial charge < -0.3 is 10.6 Å². The predicted octanol–water partition coefficient (Wildman–Crippen LogP) is 3.47. The highest BCUT2D eigenvalue weighted by atomic mass is 15.0. The average Bonchev–Trinajstić information content (AvgIpc) is 2.75. The van der Waals surface area contributed by atoms with Crippen molar-refractivity contribution in [1.29, 1.82) is 0 Å². The van der Waals surface area contributed by atoms with Gasteiger partial charge >= 0.3 is 0 Å². The van der Waals surface area contributed by atoms with Crippen LogP contribution in [0.15, 0.2) is 0 Å². The van der Waals surface area contributed by atoms with E-state index in [4.69, 9.17) is 0 Å². The highest BCUT2D eigenvalue weighted by Crippen LogP contribution is 2.32. The first kappa shape index (κ1) is 14.3. The number of piperidine rings is 1.